The third-order valence-electron chi connectivity index (χ3n) is 4.40. The molecule has 6 nitrogen and oxygen atoms in total. The van der Waals surface area contributed by atoms with Crippen LogP contribution in [0.3, 0.4) is 0 Å². The molecule has 0 radical (unpaired) electrons. The molecule has 0 aliphatic carbocycles. The molecule has 4 aromatic rings. The molecule has 2 aromatic carbocycles. The van der Waals surface area contributed by atoms with Crippen LogP contribution in [0.4, 0.5) is 0 Å². The van der Waals surface area contributed by atoms with Gasteiger partial charge < -0.3 is 5.32 Å². The number of benzene rings is 2. The van der Waals surface area contributed by atoms with E-state index in [1.54, 1.807) is 12.1 Å². The van der Waals surface area contributed by atoms with Crippen LogP contribution in [0.5, 0.6) is 0 Å². The quantitative estimate of drug-likeness (QED) is 0.568. The Morgan fingerprint density at radius 1 is 1.07 bits per heavy atom. The first-order valence-corrected chi connectivity index (χ1v) is 9.73. The third kappa shape index (κ3) is 3.70. The summed E-state index contributed by atoms with van der Waals surface area (Å²) < 4.78 is 1.21. The number of carbonyl (C=O) groups is 1. The fourth-order valence-corrected chi connectivity index (χ4v) is 3.75. The molecular formula is C21H18N4O2S. The van der Waals surface area contributed by atoms with E-state index in [2.05, 4.69) is 15.4 Å². The van der Waals surface area contributed by atoms with Gasteiger partial charge in [-0.1, -0.05) is 48.5 Å². The Labute approximate surface area is 165 Å². The van der Waals surface area contributed by atoms with Crippen LogP contribution in [0.1, 0.15) is 10.7 Å². The molecule has 2 aromatic heterocycles. The lowest BCUT2D eigenvalue weighted by Crippen LogP contribution is -2.33. The van der Waals surface area contributed by atoms with Gasteiger partial charge in [-0.15, -0.1) is 11.3 Å². The maximum absolute atomic E-state index is 12.6. The van der Waals surface area contributed by atoms with Gasteiger partial charge >= 0.3 is 0 Å². The number of hydrogen-bond acceptors (Lipinski definition) is 5. The van der Waals surface area contributed by atoms with E-state index in [1.165, 1.54) is 16.0 Å². The number of hydrogen-bond donors (Lipinski definition) is 1. The van der Waals surface area contributed by atoms with Crippen LogP contribution < -0.4 is 10.9 Å². The number of aromatic nitrogens is 3. The summed E-state index contributed by atoms with van der Waals surface area (Å²) in [7, 11) is 0. The molecule has 28 heavy (non-hydrogen) atoms. The normalized spacial score (nSPS) is 10.9. The largest absolute Gasteiger partial charge is 0.348 e. The van der Waals surface area contributed by atoms with Gasteiger partial charge in [0.05, 0.1) is 23.3 Å². The average molecular weight is 390 g/mol. The van der Waals surface area contributed by atoms with Crippen LogP contribution in [-0.2, 0) is 17.9 Å². The van der Waals surface area contributed by atoms with Crippen molar-refractivity contribution < 1.29 is 4.79 Å². The summed E-state index contributed by atoms with van der Waals surface area (Å²) in [5, 5.41) is 11.2. The molecule has 0 fully saturated rings. The topological polar surface area (TPSA) is 76.9 Å². The molecule has 0 aliphatic heterocycles. The molecule has 0 aliphatic rings. The van der Waals surface area contributed by atoms with E-state index in [0.717, 1.165) is 27.3 Å². The summed E-state index contributed by atoms with van der Waals surface area (Å²) in [5.74, 6) is -0.277. The Morgan fingerprint density at radius 2 is 1.79 bits per heavy atom. The minimum absolute atomic E-state index is 0.124. The van der Waals surface area contributed by atoms with Gasteiger partial charge in [0, 0.05) is 16.3 Å². The van der Waals surface area contributed by atoms with E-state index < -0.39 is 0 Å². The monoisotopic (exact) mass is 390 g/mol. The lowest BCUT2D eigenvalue weighted by Gasteiger charge is -2.08. The molecule has 0 unspecified atom stereocenters. The maximum atomic E-state index is 12.6. The van der Waals surface area contributed by atoms with Crippen molar-refractivity contribution in [3.63, 3.8) is 0 Å². The van der Waals surface area contributed by atoms with Crippen LogP contribution in [0.15, 0.2) is 64.8 Å². The van der Waals surface area contributed by atoms with Gasteiger partial charge in [0.2, 0.25) is 5.91 Å². The first-order valence-electron chi connectivity index (χ1n) is 8.85. The molecular weight excluding hydrogens is 372 g/mol. The highest BCUT2D eigenvalue weighted by molar-refractivity contribution is 7.09. The second kappa shape index (κ2) is 7.74. The molecule has 140 valence electrons. The second-order valence-electron chi connectivity index (χ2n) is 6.36. The zero-order valence-corrected chi connectivity index (χ0v) is 16.1. The van der Waals surface area contributed by atoms with Crippen LogP contribution in [0, 0.1) is 6.92 Å². The Kier molecular flexibility index (Phi) is 4.99. The number of nitrogens with one attached hydrogen (secondary N) is 1. The summed E-state index contributed by atoms with van der Waals surface area (Å²) >= 11 is 1.49. The van der Waals surface area contributed by atoms with E-state index in [0.29, 0.717) is 11.9 Å². The number of thiazole rings is 1. The number of carbonyl (C=O) groups excluding carboxylic acids is 1. The summed E-state index contributed by atoms with van der Waals surface area (Å²) in [6.45, 7) is 2.02. The van der Waals surface area contributed by atoms with Crippen molar-refractivity contribution in [3.05, 3.63) is 81.0 Å². The molecule has 1 amide bonds. The average Bonchev–Trinajstić information content (AvgIpc) is 3.20. The minimum Gasteiger partial charge on any atom is -0.348 e. The van der Waals surface area contributed by atoms with Crippen LogP contribution in [0.2, 0.25) is 0 Å². The fourth-order valence-electron chi connectivity index (χ4n) is 3.01. The molecule has 2 heterocycles. The lowest BCUT2D eigenvalue weighted by atomic mass is 10.1. The molecule has 0 bridgehead atoms. The fraction of sp³-hybridized carbons (Fsp3) is 0.143. The number of nitrogens with zero attached hydrogens (tertiary/aromatic N) is 3. The highest BCUT2D eigenvalue weighted by Gasteiger charge is 2.11. The first kappa shape index (κ1) is 18.1. The summed E-state index contributed by atoms with van der Waals surface area (Å²) in [6.07, 6.45) is 0. The number of aryl methyl sites for hydroxylation is 1. The molecule has 1 N–H and O–H groups in total. The van der Waals surface area contributed by atoms with Gasteiger partial charge in [0.1, 0.15) is 11.6 Å². The minimum atomic E-state index is -0.277. The molecule has 4 rings (SSSR count). The Morgan fingerprint density at radius 3 is 2.57 bits per heavy atom. The van der Waals surface area contributed by atoms with Crippen molar-refractivity contribution in [2.45, 2.75) is 20.0 Å². The van der Waals surface area contributed by atoms with Crippen LogP contribution >= 0.6 is 11.3 Å². The van der Waals surface area contributed by atoms with E-state index in [4.69, 9.17) is 0 Å². The highest BCUT2D eigenvalue weighted by atomic mass is 32.1. The maximum Gasteiger partial charge on any atom is 0.275 e. The Bertz CT molecular complexity index is 1200. The SMILES string of the molecule is Cc1nn(CC(=O)NCc2nc(-c3ccccc3)cs2)c(=O)c2ccccc12. The van der Waals surface area contributed by atoms with Crippen molar-refractivity contribution in [2.24, 2.45) is 0 Å². The van der Waals surface area contributed by atoms with Crippen molar-refractivity contribution >= 4 is 28.0 Å². The molecule has 0 spiro atoms. The molecule has 7 heteroatoms. The zero-order valence-electron chi connectivity index (χ0n) is 15.3. The van der Waals surface area contributed by atoms with Crippen molar-refractivity contribution in [1.29, 1.82) is 0 Å². The lowest BCUT2D eigenvalue weighted by molar-refractivity contribution is -0.122. The van der Waals surface area contributed by atoms with Gasteiger partial charge in [-0.2, -0.15) is 5.10 Å². The van der Waals surface area contributed by atoms with Crippen LogP contribution in [0.25, 0.3) is 22.0 Å². The van der Waals surface area contributed by atoms with Crippen molar-refractivity contribution in [3.8, 4) is 11.3 Å². The van der Waals surface area contributed by atoms with Gasteiger partial charge in [0.15, 0.2) is 0 Å². The Hall–Kier alpha value is -3.32. The predicted octanol–water partition coefficient (Wildman–Crippen LogP) is 3.14. The van der Waals surface area contributed by atoms with Crippen molar-refractivity contribution in [1.82, 2.24) is 20.1 Å². The Balaban J connectivity index is 1.44. The molecule has 0 saturated carbocycles. The molecule has 0 saturated heterocycles. The summed E-state index contributed by atoms with van der Waals surface area (Å²) in [4.78, 5) is 29.4. The number of rotatable bonds is 5. The van der Waals surface area contributed by atoms with Gasteiger partial charge in [-0.25, -0.2) is 9.67 Å². The standard InChI is InChI=1S/C21H18N4O2S/c1-14-16-9-5-6-10-17(16)21(27)25(24-14)12-19(26)22-11-20-23-18(13-28-20)15-7-3-2-4-8-15/h2-10,13H,11-12H2,1H3,(H,22,26). The summed E-state index contributed by atoms with van der Waals surface area (Å²) in [5.41, 5.74) is 2.38. The number of fused-ring (bicyclic) bond motifs is 1. The van der Waals surface area contributed by atoms with E-state index >= 15 is 0 Å². The zero-order chi connectivity index (χ0) is 19.5. The van der Waals surface area contributed by atoms with Crippen LogP contribution in [-0.4, -0.2) is 20.7 Å². The highest BCUT2D eigenvalue weighted by Crippen LogP contribution is 2.21. The first-order chi connectivity index (χ1) is 13.6. The summed E-state index contributed by atoms with van der Waals surface area (Å²) in [6, 6.07) is 17.2. The smallest absolute Gasteiger partial charge is 0.275 e. The van der Waals surface area contributed by atoms with Crippen molar-refractivity contribution in [2.75, 3.05) is 0 Å². The second-order valence-corrected chi connectivity index (χ2v) is 7.31. The van der Waals surface area contributed by atoms with E-state index in [1.807, 2.05) is 54.8 Å². The van der Waals surface area contributed by atoms with E-state index in [9.17, 15) is 9.59 Å². The third-order valence-corrected chi connectivity index (χ3v) is 5.25. The number of amides is 1. The van der Waals surface area contributed by atoms with E-state index in [-0.39, 0.29) is 18.0 Å². The van der Waals surface area contributed by atoms with Gasteiger partial charge in [0.25, 0.3) is 5.56 Å². The van der Waals surface area contributed by atoms with Gasteiger partial charge in [-0.3, -0.25) is 9.59 Å². The predicted molar refractivity (Wildman–Crippen MR) is 110 cm³/mol. The molecule has 0 atom stereocenters. The van der Waals surface area contributed by atoms with Gasteiger partial charge in [-0.05, 0) is 13.0 Å².